The van der Waals surface area contributed by atoms with Gasteiger partial charge in [0, 0.05) is 5.56 Å². The van der Waals surface area contributed by atoms with Crippen molar-refractivity contribution < 1.29 is 14.3 Å². The first-order valence-corrected chi connectivity index (χ1v) is 5.77. The number of ether oxygens (including phenoxy) is 2. The molecule has 100 valence electrons. The van der Waals surface area contributed by atoms with Crippen LogP contribution in [0.2, 0.25) is 0 Å². The number of carbonyl (C=O) groups is 1. The van der Waals surface area contributed by atoms with E-state index in [9.17, 15) is 4.79 Å². The summed E-state index contributed by atoms with van der Waals surface area (Å²) in [5.41, 5.74) is 5.18. The monoisotopic (exact) mass is 252 g/mol. The molecule has 1 atom stereocenters. The molecule has 18 heavy (non-hydrogen) atoms. The van der Waals surface area contributed by atoms with Crippen LogP contribution in [0.5, 0.6) is 11.5 Å². The summed E-state index contributed by atoms with van der Waals surface area (Å²) in [4.78, 5) is 11.7. The number of hydrogen-bond donors (Lipinski definition) is 2. The Kier molecular flexibility index (Phi) is 4.55. The Labute approximate surface area is 107 Å². The van der Waals surface area contributed by atoms with Gasteiger partial charge in [0.05, 0.1) is 14.2 Å². The number of likely N-dealkylation sites (N-methyl/N-ethyl adjacent to an activating group) is 1. The molecule has 1 amide bonds. The van der Waals surface area contributed by atoms with Crippen molar-refractivity contribution in [2.45, 2.75) is 19.4 Å². The van der Waals surface area contributed by atoms with Gasteiger partial charge in [0.15, 0.2) is 0 Å². The van der Waals surface area contributed by atoms with Gasteiger partial charge in [-0.05, 0) is 31.7 Å². The molecular formula is C13H20N2O3. The first kappa shape index (κ1) is 14.3. The van der Waals surface area contributed by atoms with Crippen LogP contribution in [0.25, 0.3) is 0 Å². The molecule has 1 aromatic carbocycles. The van der Waals surface area contributed by atoms with Gasteiger partial charge in [-0.2, -0.15) is 0 Å². The Morgan fingerprint density at radius 1 is 1.39 bits per heavy atom. The van der Waals surface area contributed by atoms with Crippen LogP contribution in [0.4, 0.5) is 0 Å². The lowest BCUT2D eigenvalue weighted by Crippen LogP contribution is -2.50. The molecule has 1 rings (SSSR count). The summed E-state index contributed by atoms with van der Waals surface area (Å²) >= 11 is 0. The maximum Gasteiger partial charge on any atom is 0.242 e. The fourth-order valence-electron chi connectivity index (χ4n) is 1.87. The van der Waals surface area contributed by atoms with Gasteiger partial charge in [0.25, 0.3) is 0 Å². The predicted molar refractivity (Wildman–Crippen MR) is 69.8 cm³/mol. The lowest BCUT2D eigenvalue weighted by molar-refractivity contribution is -0.124. The van der Waals surface area contributed by atoms with Crippen molar-refractivity contribution in [3.05, 3.63) is 23.8 Å². The minimum absolute atomic E-state index is 0.462. The number of amides is 1. The van der Waals surface area contributed by atoms with Crippen LogP contribution < -0.4 is 20.5 Å². The molecule has 0 saturated carbocycles. The number of benzene rings is 1. The molecule has 0 radical (unpaired) electrons. The van der Waals surface area contributed by atoms with Crippen molar-refractivity contribution in [3.63, 3.8) is 0 Å². The maximum atomic E-state index is 11.7. The van der Waals surface area contributed by atoms with Crippen LogP contribution in [-0.4, -0.2) is 26.7 Å². The van der Waals surface area contributed by atoms with Crippen LogP contribution in [0, 0.1) is 0 Å². The fourth-order valence-corrected chi connectivity index (χ4v) is 1.87. The number of hydrogen-bond acceptors (Lipinski definition) is 4. The molecule has 5 nitrogen and oxygen atoms in total. The third-order valence-corrected chi connectivity index (χ3v) is 2.97. The SMILES string of the molecule is CCNC(C)(C(N)=O)c1cc(OC)ccc1OC. The Bertz CT molecular complexity index is 434. The summed E-state index contributed by atoms with van der Waals surface area (Å²) in [6, 6.07) is 5.29. The third kappa shape index (κ3) is 2.56. The minimum Gasteiger partial charge on any atom is -0.497 e. The zero-order chi connectivity index (χ0) is 13.8. The molecule has 0 spiro atoms. The summed E-state index contributed by atoms with van der Waals surface area (Å²) in [5, 5.41) is 3.09. The lowest BCUT2D eigenvalue weighted by Gasteiger charge is -2.29. The van der Waals surface area contributed by atoms with E-state index in [4.69, 9.17) is 15.2 Å². The number of rotatable bonds is 6. The molecule has 0 saturated heterocycles. The number of carbonyl (C=O) groups excluding carboxylic acids is 1. The molecule has 0 aliphatic carbocycles. The van der Waals surface area contributed by atoms with Gasteiger partial charge in [-0.3, -0.25) is 4.79 Å². The van der Waals surface area contributed by atoms with E-state index >= 15 is 0 Å². The Morgan fingerprint density at radius 3 is 2.50 bits per heavy atom. The largest absolute Gasteiger partial charge is 0.497 e. The van der Waals surface area contributed by atoms with Crippen molar-refractivity contribution in [1.82, 2.24) is 5.32 Å². The number of nitrogens with two attached hydrogens (primary N) is 1. The second-order valence-electron chi connectivity index (χ2n) is 4.09. The van der Waals surface area contributed by atoms with Crippen molar-refractivity contribution in [2.24, 2.45) is 5.73 Å². The molecule has 1 unspecified atom stereocenters. The maximum absolute atomic E-state index is 11.7. The van der Waals surface area contributed by atoms with Crippen LogP contribution >= 0.6 is 0 Å². The average molecular weight is 252 g/mol. The lowest BCUT2D eigenvalue weighted by atomic mass is 9.90. The van der Waals surface area contributed by atoms with Gasteiger partial charge in [-0.25, -0.2) is 0 Å². The van der Waals surface area contributed by atoms with Crippen molar-refractivity contribution >= 4 is 5.91 Å². The van der Waals surface area contributed by atoms with Crippen molar-refractivity contribution in [1.29, 1.82) is 0 Å². The quantitative estimate of drug-likeness (QED) is 0.792. The van der Waals surface area contributed by atoms with Crippen LogP contribution in [0.3, 0.4) is 0 Å². The standard InChI is InChI=1S/C13H20N2O3/c1-5-15-13(2,12(14)16)10-8-9(17-3)6-7-11(10)18-4/h6-8,15H,5H2,1-4H3,(H2,14,16). The fraction of sp³-hybridized carbons (Fsp3) is 0.462. The van der Waals surface area contributed by atoms with Gasteiger partial charge in [0.1, 0.15) is 17.0 Å². The van der Waals surface area contributed by atoms with E-state index in [1.165, 1.54) is 0 Å². The highest BCUT2D eigenvalue weighted by Gasteiger charge is 2.35. The zero-order valence-electron chi connectivity index (χ0n) is 11.2. The van der Waals surface area contributed by atoms with Crippen LogP contribution in [0.15, 0.2) is 18.2 Å². The summed E-state index contributed by atoms with van der Waals surface area (Å²) in [6.07, 6.45) is 0. The number of primary amides is 1. The first-order valence-electron chi connectivity index (χ1n) is 5.77. The van der Waals surface area contributed by atoms with E-state index in [0.717, 1.165) is 0 Å². The smallest absolute Gasteiger partial charge is 0.242 e. The van der Waals surface area contributed by atoms with E-state index in [-0.39, 0.29) is 0 Å². The van der Waals surface area contributed by atoms with E-state index < -0.39 is 11.4 Å². The summed E-state index contributed by atoms with van der Waals surface area (Å²) in [5.74, 6) is 0.783. The average Bonchev–Trinajstić information content (AvgIpc) is 2.37. The topological polar surface area (TPSA) is 73.6 Å². The molecular weight excluding hydrogens is 232 g/mol. The van der Waals surface area contributed by atoms with E-state index in [1.807, 2.05) is 6.92 Å². The summed E-state index contributed by atoms with van der Waals surface area (Å²) < 4.78 is 10.5. The molecule has 0 aliphatic rings. The van der Waals surface area contributed by atoms with Gasteiger partial charge >= 0.3 is 0 Å². The van der Waals surface area contributed by atoms with Gasteiger partial charge in [-0.1, -0.05) is 6.92 Å². The Balaban J connectivity index is 3.37. The molecule has 0 fully saturated rings. The van der Waals surface area contributed by atoms with Crippen LogP contribution in [-0.2, 0) is 10.3 Å². The van der Waals surface area contributed by atoms with Gasteiger partial charge < -0.3 is 20.5 Å². The van der Waals surface area contributed by atoms with Gasteiger partial charge in [0.2, 0.25) is 5.91 Å². The van der Waals surface area contributed by atoms with Gasteiger partial charge in [-0.15, -0.1) is 0 Å². The Morgan fingerprint density at radius 2 is 2.06 bits per heavy atom. The highest BCUT2D eigenvalue weighted by molar-refractivity contribution is 5.86. The highest BCUT2D eigenvalue weighted by Crippen LogP contribution is 2.33. The second kappa shape index (κ2) is 5.73. The summed E-state index contributed by atoms with van der Waals surface area (Å²) in [7, 11) is 3.12. The normalized spacial score (nSPS) is 13.8. The first-order chi connectivity index (χ1) is 8.49. The van der Waals surface area contributed by atoms with E-state index in [2.05, 4.69) is 5.32 Å². The third-order valence-electron chi connectivity index (χ3n) is 2.97. The van der Waals surface area contributed by atoms with Crippen molar-refractivity contribution in [2.75, 3.05) is 20.8 Å². The highest BCUT2D eigenvalue weighted by atomic mass is 16.5. The van der Waals surface area contributed by atoms with Crippen molar-refractivity contribution in [3.8, 4) is 11.5 Å². The number of nitrogens with one attached hydrogen (secondary N) is 1. The minimum atomic E-state index is -0.991. The second-order valence-corrected chi connectivity index (χ2v) is 4.09. The molecule has 3 N–H and O–H groups in total. The zero-order valence-corrected chi connectivity index (χ0v) is 11.2. The Hall–Kier alpha value is -1.75. The van der Waals surface area contributed by atoms with Crippen LogP contribution in [0.1, 0.15) is 19.4 Å². The predicted octanol–water partition coefficient (Wildman–Crippen LogP) is 1.01. The van der Waals surface area contributed by atoms with E-state index in [1.54, 1.807) is 39.3 Å². The molecule has 0 aliphatic heterocycles. The number of methoxy groups -OCH3 is 2. The summed E-state index contributed by atoms with van der Waals surface area (Å²) in [6.45, 7) is 4.25. The molecule has 1 aromatic rings. The molecule has 5 heteroatoms. The van der Waals surface area contributed by atoms with E-state index in [0.29, 0.717) is 23.6 Å². The molecule has 0 heterocycles. The molecule has 0 bridgehead atoms. The molecule has 0 aromatic heterocycles.